The molecule has 0 fully saturated rings. The molecule has 0 aromatic carbocycles. The number of pyridine rings is 1. The second-order valence-corrected chi connectivity index (χ2v) is 5.16. The molecule has 16 heavy (non-hydrogen) atoms. The Morgan fingerprint density at radius 3 is 2.62 bits per heavy atom. The van der Waals surface area contributed by atoms with Crippen molar-refractivity contribution in [3.8, 4) is 0 Å². The molecule has 0 radical (unpaired) electrons. The number of aromatic nitrogens is 1. The van der Waals surface area contributed by atoms with Crippen molar-refractivity contribution in [3.63, 3.8) is 0 Å². The number of nitrogens with two attached hydrogens (primary N) is 1. The maximum absolute atomic E-state index is 11.7. The summed E-state index contributed by atoms with van der Waals surface area (Å²) in [7, 11) is -3.79. The van der Waals surface area contributed by atoms with Crippen LogP contribution in [0.1, 0.15) is 6.92 Å². The van der Waals surface area contributed by atoms with E-state index in [0.29, 0.717) is 0 Å². The van der Waals surface area contributed by atoms with Gasteiger partial charge in [0.05, 0.1) is 6.04 Å². The second kappa shape index (κ2) is 4.77. The molecule has 3 N–H and O–H groups in total. The average Bonchev–Trinajstić information content (AvgIpc) is 2.17. The van der Waals surface area contributed by atoms with E-state index in [1.165, 1.54) is 19.1 Å². The number of sulfonamides is 1. The van der Waals surface area contributed by atoms with Crippen molar-refractivity contribution in [2.45, 2.75) is 17.9 Å². The first-order chi connectivity index (χ1) is 7.33. The number of amides is 1. The first kappa shape index (κ1) is 12.9. The lowest BCUT2D eigenvalue weighted by molar-refractivity contribution is -0.119. The summed E-state index contributed by atoms with van der Waals surface area (Å²) >= 11 is 5.52. The van der Waals surface area contributed by atoms with Crippen LogP contribution in [0.15, 0.2) is 23.2 Å². The van der Waals surface area contributed by atoms with Gasteiger partial charge in [0.2, 0.25) is 15.9 Å². The Morgan fingerprint density at radius 2 is 2.19 bits per heavy atom. The number of primary amides is 1. The highest BCUT2D eigenvalue weighted by Gasteiger charge is 2.20. The van der Waals surface area contributed by atoms with E-state index in [1.54, 1.807) is 0 Å². The minimum atomic E-state index is -3.79. The van der Waals surface area contributed by atoms with Crippen molar-refractivity contribution in [3.05, 3.63) is 23.5 Å². The number of nitrogens with zero attached hydrogens (tertiary/aromatic N) is 1. The fourth-order valence-electron chi connectivity index (χ4n) is 0.880. The number of nitrogens with one attached hydrogen (secondary N) is 1. The van der Waals surface area contributed by atoms with E-state index in [2.05, 4.69) is 9.71 Å². The zero-order chi connectivity index (χ0) is 12.3. The molecule has 0 bridgehead atoms. The quantitative estimate of drug-likeness (QED) is 0.740. The first-order valence-corrected chi connectivity index (χ1v) is 6.12. The van der Waals surface area contributed by atoms with Gasteiger partial charge in [-0.1, -0.05) is 11.6 Å². The van der Waals surface area contributed by atoms with Gasteiger partial charge < -0.3 is 5.73 Å². The molecular formula is C8H10ClN3O3S. The first-order valence-electron chi connectivity index (χ1n) is 4.26. The van der Waals surface area contributed by atoms with Gasteiger partial charge in [0.15, 0.2) is 0 Å². The fraction of sp³-hybridized carbons (Fsp3) is 0.250. The smallest absolute Gasteiger partial charge is 0.242 e. The van der Waals surface area contributed by atoms with Crippen LogP contribution in [0, 0.1) is 0 Å². The van der Waals surface area contributed by atoms with Crippen LogP contribution in [0.5, 0.6) is 0 Å². The van der Waals surface area contributed by atoms with Crippen molar-refractivity contribution in [2.75, 3.05) is 0 Å². The monoisotopic (exact) mass is 263 g/mol. The highest BCUT2D eigenvalue weighted by molar-refractivity contribution is 7.89. The highest BCUT2D eigenvalue weighted by Crippen LogP contribution is 2.10. The van der Waals surface area contributed by atoms with Crippen LogP contribution < -0.4 is 10.5 Å². The van der Waals surface area contributed by atoms with Gasteiger partial charge in [0.25, 0.3) is 0 Å². The van der Waals surface area contributed by atoms with Crippen LogP contribution >= 0.6 is 11.6 Å². The molecule has 0 saturated carbocycles. The van der Waals surface area contributed by atoms with Crippen LogP contribution in [-0.4, -0.2) is 25.4 Å². The summed E-state index contributed by atoms with van der Waals surface area (Å²) in [6, 6.07) is 1.64. The van der Waals surface area contributed by atoms with E-state index >= 15 is 0 Å². The van der Waals surface area contributed by atoms with Gasteiger partial charge in [-0.05, 0) is 19.1 Å². The molecular weight excluding hydrogens is 254 g/mol. The summed E-state index contributed by atoms with van der Waals surface area (Å²) in [5, 5.41) is 0.182. The Bertz CT molecular complexity index is 486. The Labute approximate surface area is 97.9 Å². The lowest BCUT2D eigenvalue weighted by Gasteiger charge is -2.10. The van der Waals surface area contributed by atoms with Crippen molar-refractivity contribution < 1.29 is 13.2 Å². The molecule has 1 amide bonds. The van der Waals surface area contributed by atoms with E-state index in [-0.39, 0.29) is 10.0 Å². The fourth-order valence-corrected chi connectivity index (χ4v) is 2.15. The van der Waals surface area contributed by atoms with Crippen LogP contribution in [0.2, 0.25) is 5.15 Å². The van der Waals surface area contributed by atoms with E-state index in [0.717, 1.165) is 6.20 Å². The zero-order valence-corrected chi connectivity index (χ0v) is 9.92. The molecule has 1 rings (SSSR count). The zero-order valence-electron chi connectivity index (χ0n) is 8.34. The third kappa shape index (κ3) is 3.16. The van der Waals surface area contributed by atoms with Gasteiger partial charge in [-0.25, -0.2) is 13.4 Å². The Hall–Kier alpha value is -1.18. The molecule has 0 aliphatic carbocycles. The number of carbonyl (C=O) groups is 1. The largest absolute Gasteiger partial charge is 0.368 e. The van der Waals surface area contributed by atoms with Crippen molar-refractivity contribution in [1.29, 1.82) is 0 Å². The van der Waals surface area contributed by atoms with Crippen LogP contribution in [-0.2, 0) is 14.8 Å². The number of carbonyl (C=O) groups excluding carboxylic acids is 1. The Balaban J connectivity index is 2.94. The van der Waals surface area contributed by atoms with Gasteiger partial charge in [-0.3, -0.25) is 4.79 Å². The van der Waals surface area contributed by atoms with Crippen LogP contribution in [0.25, 0.3) is 0 Å². The Kier molecular flexibility index (Phi) is 3.84. The molecule has 1 heterocycles. The van der Waals surface area contributed by atoms with E-state index < -0.39 is 22.0 Å². The van der Waals surface area contributed by atoms with E-state index in [1.807, 2.05) is 0 Å². The molecule has 1 atom stereocenters. The topological polar surface area (TPSA) is 102 Å². The number of hydrogen-bond donors (Lipinski definition) is 2. The summed E-state index contributed by atoms with van der Waals surface area (Å²) < 4.78 is 25.4. The lowest BCUT2D eigenvalue weighted by Crippen LogP contribution is -2.42. The predicted octanol–water partition coefficient (Wildman–Crippen LogP) is -0.113. The predicted molar refractivity (Wildman–Crippen MR) is 58.2 cm³/mol. The molecule has 0 saturated heterocycles. The van der Waals surface area contributed by atoms with Crippen molar-refractivity contribution in [2.24, 2.45) is 5.73 Å². The lowest BCUT2D eigenvalue weighted by atomic mass is 10.4. The van der Waals surface area contributed by atoms with Gasteiger partial charge in [-0.15, -0.1) is 0 Å². The third-order valence-corrected chi connectivity index (χ3v) is 3.52. The van der Waals surface area contributed by atoms with Gasteiger partial charge >= 0.3 is 0 Å². The minimum absolute atomic E-state index is 0.0787. The number of hydrogen-bond acceptors (Lipinski definition) is 4. The van der Waals surface area contributed by atoms with Crippen LogP contribution in [0.3, 0.4) is 0 Å². The summed E-state index contributed by atoms with van der Waals surface area (Å²) in [4.78, 5) is 14.3. The molecule has 6 nitrogen and oxygen atoms in total. The van der Waals surface area contributed by atoms with Crippen molar-refractivity contribution in [1.82, 2.24) is 9.71 Å². The maximum atomic E-state index is 11.7. The average molecular weight is 264 g/mol. The molecule has 1 unspecified atom stereocenters. The third-order valence-electron chi connectivity index (χ3n) is 1.77. The number of halogens is 1. The highest BCUT2D eigenvalue weighted by atomic mass is 35.5. The maximum Gasteiger partial charge on any atom is 0.242 e. The summed E-state index contributed by atoms with van der Waals surface area (Å²) in [5.41, 5.74) is 4.94. The number of rotatable bonds is 4. The molecule has 0 aliphatic heterocycles. The van der Waals surface area contributed by atoms with Gasteiger partial charge in [-0.2, -0.15) is 4.72 Å². The summed E-state index contributed by atoms with van der Waals surface area (Å²) in [5.74, 6) is -0.759. The Morgan fingerprint density at radius 1 is 1.56 bits per heavy atom. The van der Waals surface area contributed by atoms with Gasteiger partial charge in [0.1, 0.15) is 10.0 Å². The van der Waals surface area contributed by atoms with Crippen molar-refractivity contribution >= 4 is 27.5 Å². The van der Waals surface area contributed by atoms with Crippen LogP contribution in [0.4, 0.5) is 0 Å². The molecule has 0 aliphatic rings. The summed E-state index contributed by atoms with van der Waals surface area (Å²) in [6.07, 6.45) is 1.10. The molecule has 0 spiro atoms. The normalized spacial score (nSPS) is 13.4. The minimum Gasteiger partial charge on any atom is -0.368 e. The van der Waals surface area contributed by atoms with E-state index in [4.69, 9.17) is 17.3 Å². The second-order valence-electron chi connectivity index (χ2n) is 3.06. The summed E-state index contributed by atoms with van der Waals surface area (Å²) in [6.45, 7) is 1.35. The molecule has 88 valence electrons. The SMILES string of the molecule is CC(NS(=O)(=O)c1ccc(Cl)nc1)C(N)=O. The standard InChI is InChI=1S/C8H10ClN3O3S/c1-5(8(10)13)12-16(14,15)6-2-3-7(9)11-4-6/h2-5,12H,1H3,(H2,10,13). The molecule has 1 aromatic heterocycles. The molecule has 8 heteroatoms. The van der Waals surface area contributed by atoms with E-state index in [9.17, 15) is 13.2 Å². The molecule has 1 aromatic rings. The van der Waals surface area contributed by atoms with Gasteiger partial charge in [0, 0.05) is 6.20 Å².